The van der Waals surface area contributed by atoms with Crippen molar-refractivity contribution in [3.05, 3.63) is 53.6 Å². The second kappa shape index (κ2) is 9.97. The van der Waals surface area contributed by atoms with Crippen LogP contribution in [0.15, 0.2) is 42.5 Å². The summed E-state index contributed by atoms with van der Waals surface area (Å²) >= 11 is 0. The van der Waals surface area contributed by atoms with E-state index in [2.05, 4.69) is 5.32 Å². The van der Waals surface area contributed by atoms with E-state index >= 15 is 0 Å². The number of nitrogens with one attached hydrogen (secondary N) is 1. The van der Waals surface area contributed by atoms with Crippen LogP contribution < -0.4 is 19.7 Å². The highest BCUT2D eigenvalue weighted by Gasteiger charge is 2.23. The summed E-state index contributed by atoms with van der Waals surface area (Å²) in [5.74, 6) is 0.206. The van der Waals surface area contributed by atoms with Crippen molar-refractivity contribution in [3.63, 3.8) is 0 Å². The molecule has 0 bridgehead atoms. The molecular weight excluding hydrogens is 400 g/mol. The molecule has 1 N–H and O–H groups in total. The Kier molecular flexibility index (Phi) is 7.12. The van der Waals surface area contributed by atoms with Crippen LogP contribution >= 0.6 is 0 Å². The van der Waals surface area contributed by atoms with Crippen LogP contribution in [0.5, 0.6) is 11.5 Å². The zero-order valence-corrected chi connectivity index (χ0v) is 17.8. The topological polar surface area (TPSA) is 94.2 Å². The first-order valence-electron chi connectivity index (χ1n) is 10.0. The minimum absolute atomic E-state index is 0.0341. The minimum atomic E-state index is -0.629. The molecule has 1 saturated heterocycles. The first kappa shape index (κ1) is 22.1. The van der Waals surface area contributed by atoms with Gasteiger partial charge in [-0.1, -0.05) is 6.07 Å². The Morgan fingerprint density at radius 2 is 1.94 bits per heavy atom. The zero-order chi connectivity index (χ0) is 22.4. The fourth-order valence-electron chi connectivity index (χ4n) is 3.48. The molecule has 1 fully saturated rings. The number of hydrogen-bond acceptors (Lipinski definition) is 6. The quantitative estimate of drug-likeness (QED) is 0.653. The molecular formula is C23H26N2O6. The molecule has 2 aromatic carbocycles. The summed E-state index contributed by atoms with van der Waals surface area (Å²) in [6.45, 7) is 2.00. The van der Waals surface area contributed by atoms with E-state index < -0.39 is 18.5 Å². The molecule has 0 aromatic heterocycles. The molecule has 0 spiro atoms. The fraction of sp³-hybridized carbons (Fsp3) is 0.348. The van der Waals surface area contributed by atoms with Gasteiger partial charge in [-0.3, -0.25) is 9.59 Å². The van der Waals surface area contributed by atoms with Crippen LogP contribution in [0, 0.1) is 0 Å². The third-order valence-corrected chi connectivity index (χ3v) is 5.08. The van der Waals surface area contributed by atoms with E-state index in [1.807, 2.05) is 0 Å². The summed E-state index contributed by atoms with van der Waals surface area (Å²) < 4.78 is 15.7. The first-order chi connectivity index (χ1) is 14.9. The molecule has 2 aromatic rings. The highest BCUT2D eigenvalue weighted by atomic mass is 16.5. The van der Waals surface area contributed by atoms with E-state index in [9.17, 15) is 14.4 Å². The molecule has 3 rings (SSSR count). The van der Waals surface area contributed by atoms with Crippen molar-refractivity contribution in [2.24, 2.45) is 0 Å². The van der Waals surface area contributed by atoms with Crippen LogP contribution in [-0.4, -0.2) is 45.2 Å². The van der Waals surface area contributed by atoms with Crippen molar-refractivity contribution in [2.45, 2.75) is 25.8 Å². The molecule has 8 nitrogen and oxygen atoms in total. The third kappa shape index (κ3) is 5.33. The van der Waals surface area contributed by atoms with E-state index in [0.29, 0.717) is 30.2 Å². The van der Waals surface area contributed by atoms with Crippen LogP contribution in [0.2, 0.25) is 0 Å². The monoisotopic (exact) mass is 426 g/mol. The lowest BCUT2D eigenvalue weighted by Crippen LogP contribution is -2.31. The molecule has 2 amide bonds. The van der Waals surface area contributed by atoms with Crippen molar-refractivity contribution in [2.75, 3.05) is 32.3 Å². The van der Waals surface area contributed by atoms with Crippen LogP contribution in [0.25, 0.3) is 0 Å². The van der Waals surface area contributed by atoms with Gasteiger partial charge < -0.3 is 24.4 Å². The third-order valence-electron chi connectivity index (χ3n) is 5.08. The maximum Gasteiger partial charge on any atom is 0.338 e. The average molecular weight is 426 g/mol. The summed E-state index contributed by atoms with van der Waals surface area (Å²) in [5, 5.41) is 2.79. The van der Waals surface area contributed by atoms with Crippen molar-refractivity contribution >= 4 is 23.5 Å². The van der Waals surface area contributed by atoms with Gasteiger partial charge in [0.15, 0.2) is 6.61 Å². The largest absolute Gasteiger partial charge is 0.497 e. The predicted octanol–water partition coefficient (Wildman–Crippen LogP) is 2.86. The molecule has 1 heterocycles. The molecule has 164 valence electrons. The molecule has 1 unspecified atom stereocenters. The Labute approximate surface area is 181 Å². The Balaban J connectivity index is 1.58. The number of amides is 2. The van der Waals surface area contributed by atoms with Crippen LogP contribution in [0.3, 0.4) is 0 Å². The van der Waals surface area contributed by atoms with Gasteiger partial charge in [0.1, 0.15) is 11.5 Å². The highest BCUT2D eigenvalue weighted by molar-refractivity contribution is 5.97. The van der Waals surface area contributed by atoms with E-state index in [4.69, 9.17) is 14.2 Å². The van der Waals surface area contributed by atoms with Crippen molar-refractivity contribution in [3.8, 4) is 11.5 Å². The summed E-state index contributed by atoms with van der Waals surface area (Å²) in [7, 11) is 3.11. The van der Waals surface area contributed by atoms with Gasteiger partial charge in [0, 0.05) is 24.2 Å². The maximum atomic E-state index is 12.4. The Morgan fingerprint density at radius 3 is 2.61 bits per heavy atom. The molecule has 8 heteroatoms. The molecule has 0 radical (unpaired) electrons. The second-order valence-corrected chi connectivity index (χ2v) is 7.17. The maximum absolute atomic E-state index is 12.4. The van der Waals surface area contributed by atoms with E-state index in [0.717, 1.165) is 12.0 Å². The normalized spacial score (nSPS) is 14.2. The smallest absolute Gasteiger partial charge is 0.338 e. The Bertz CT molecular complexity index is 974. The molecule has 1 atom stereocenters. The second-order valence-electron chi connectivity index (χ2n) is 7.17. The minimum Gasteiger partial charge on any atom is -0.497 e. The lowest BCUT2D eigenvalue weighted by molar-refractivity contribution is -0.124. The van der Waals surface area contributed by atoms with Gasteiger partial charge in [0.25, 0.3) is 5.91 Å². The highest BCUT2D eigenvalue weighted by Crippen LogP contribution is 2.29. The van der Waals surface area contributed by atoms with Gasteiger partial charge >= 0.3 is 5.97 Å². The molecule has 0 aliphatic carbocycles. The van der Waals surface area contributed by atoms with Gasteiger partial charge in [-0.15, -0.1) is 0 Å². The number of hydrogen-bond donors (Lipinski definition) is 1. The molecule has 1 aliphatic rings. The lowest BCUT2D eigenvalue weighted by atomic mass is 10.1. The number of ether oxygens (including phenoxy) is 3. The van der Waals surface area contributed by atoms with Gasteiger partial charge in [-0.2, -0.15) is 0 Å². The summed E-state index contributed by atoms with van der Waals surface area (Å²) in [6, 6.07) is 11.6. The standard InChI is InChI=1S/C23H26N2O6/c1-15(19-13-18(29-2)9-10-20(19)30-3)24-21(26)14-31-23(28)16-6-4-7-17(12-16)25-11-5-8-22(25)27/h4,6-7,9-10,12-13,15H,5,8,11,14H2,1-3H3,(H,24,26). The van der Waals surface area contributed by atoms with Crippen LogP contribution in [-0.2, 0) is 14.3 Å². The predicted molar refractivity (Wildman–Crippen MR) is 114 cm³/mol. The van der Waals surface area contributed by atoms with Gasteiger partial charge in [-0.05, 0) is 49.7 Å². The summed E-state index contributed by atoms with van der Waals surface area (Å²) in [6.07, 6.45) is 1.30. The number of rotatable bonds is 8. The fourth-order valence-corrected chi connectivity index (χ4v) is 3.48. The van der Waals surface area contributed by atoms with Gasteiger partial charge in [0.05, 0.1) is 25.8 Å². The number of methoxy groups -OCH3 is 2. The summed E-state index contributed by atoms with van der Waals surface area (Å²) in [5.41, 5.74) is 1.68. The van der Waals surface area contributed by atoms with E-state index in [1.165, 1.54) is 0 Å². The SMILES string of the molecule is COc1ccc(OC)c(C(C)NC(=O)COC(=O)c2cccc(N3CCCC3=O)c2)c1. The average Bonchev–Trinajstić information content (AvgIpc) is 3.22. The van der Waals surface area contributed by atoms with Crippen molar-refractivity contribution in [1.29, 1.82) is 0 Å². The number of benzene rings is 2. The van der Waals surface area contributed by atoms with Gasteiger partial charge in [-0.25, -0.2) is 4.79 Å². The van der Waals surface area contributed by atoms with Crippen LogP contribution in [0.1, 0.15) is 41.7 Å². The number of nitrogens with zero attached hydrogens (tertiary/aromatic N) is 1. The molecule has 0 saturated carbocycles. The lowest BCUT2D eigenvalue weighted by Gasteiger charge is -2.18. The first-order valence-corrected chi connectivity index (χ1v) is 10.0. The Hall–Kier alpha value is -3.55. The Morgan fingerprint density at radius 1 is 1.13 bits per heavy atom. The molecule has 1 aliphatic heterocycles. The van der Waals surface area contributed by atoms with Crippen molar-refractivity contribution in [1.82, 2.24) is 5.32 Å². The number of esters is 1. The summed E-state index contributed by atoms with van der Waals surface area (Å²) in [4.78, 5) is 38.3. The van der Waals surface area contributed by atoms with E-state index in [1.54, 1.807) is 68.5 Å². The van der Waals surface area contributed by atoms with Crippen LogP contribution in [0.4, 0.5) is 5.69 Å². The molecule has 31 heavy (non-hydrogen) atoms. The number of carbonyl (C=O) groups excluding carboxylic acids is 3. The van der Waals surface area contributed by atoms with Gasteiger partial charge in [0.2, 0.25) is 5.91 Å². The van der Waals surface area contributed by atoms with Crippen molar-refractivity contribution < 1.29 is 28.6 Å². The van der Waals surface area contributed by atoms with E-state index in [-0.39, 0.29) is 17.5 Å². The number of carbonyl (C=O) groups is 3. The zero-order valence-electron chi connectivity index (χ0n) is 17.8. The number of anilines is 1.